The van der Waals surface area contributed by atoms with Gasteiger partial charge < -0.3 is 15.2 Å². The van der Waals surface area contributed by atoms with E-state index in [4.69, 9.17) is 0 Å². The number of nitrogens with one attached hydrogen (secondary N) is 2. The first kappa shape index (κ1) is 17.6. The molecule has 1 aromatic carbocycles. The van der Waals surface area contributed by atoms with Crippen molar-refractivity contribution in [2.45, 2.75) is 38.6 Å². The topological polar surface area (TPSA) is 65.2 Å². The Morgan fingerprint density at radius 2 is 2.00 bits per heavy atom. The van der Waals surface area contributed by atoms with Crippen molar-refractivity contribution in [3.05, 3.63) is 53.9 Å². The third kappa shape index (κ3) is 2.69. The monoisotopic (exact) mass is 363 g/mol. The largest absolute Gasteiger partial charge is 0.357 e. The molecule has 4 rings (SSSR count). The van der Waals surface area contributed by atoms with Gasteiger partial charge in [-0.2, -0.15) is 0 Å². The zero-order chi connectivity index (χ0) is 19.3. The Labute approximate surface area is 159 Å². The Morgan fingerprint density at radius 3 is 2.74 bits per heavy atom. The lowest BCUT2D eigenvalue weighted by Crippen LogP contribution is -2.55. The Balaban J connectivity index is 1.85. The van der Waals surface area contributed by atoms with Gasteiger partial charge in [-0.3, -0.25) is 9.59 Å². The van der Waals surface area contributed by atoms with Crippen molar-refractivity contribution in [3.8, 4) is 0 Å². The molecule has 5 nitrogen and oxygen atoms in total. The molecule has 3 heterocycles. The fourth-order valence-corrected chi connectivity index (χ4v) is 4.16. The first-order valence-electron chi connectivity index (χ1n) is 9.42. The van der Waals surface area contributed by atoms with Crippen molar-refractivity contribution in [3.63, 3.8) is 0 Å². The van der Waals surface area contributed by atoms with Crippen molar-refractivity contribution in [1.29, 1.82) is 0 Å². The van der Waals surface area contributed by atoms with E-state index < -0.39 is 0 Å². The van der Waals surface area contributed by atoms with Crippen LogP contribution in [0.4, 0.5) is 0 Å². The van der Waals surface area contributed by atoms with Gasteiger partial charge in [0.2, 0.25) is 5.91 Å². The van der Waals surface area contributed by atoms with Crippen molar-refractivity contribution in [2.24, 2.45) is 5.92 Å². The number of rotatable bonds is 3. The molecule has 0 spiro atoms. The van der Waals surface area contributed by atoms with Gasteiger partial charge >= 0.3 is 0 Å². The van der Waals surface area contributed by atoms with Crippen molar-refractivity contribution in [2.75, 3.05) is 6.54 Å². The number of allylic oxidation sites excluding steroid dienone is 1. The summed E-state index contributed by atoms with van der Waals surface area (Å²) < 4.78 is 0. The second-order valence-electron chi connectivity index (χ2n) is 8.14. The fraction of sp³-hybridized carbons (Fsp3) is 0.364. The number of fused-ring (bicyclic) bond motifs is 2. The smallest absolute Gasteiger partial charge is 0.271 e. The molecular weight excluding hydrogens is 338 g/mol. The maximum Gasteiger partial charge on any atom is 0.271 e. The average molecular weight is 363 g/mol. The van der Waals surface area contributed by atoms with Gasteiger partial charge in [0.05, 0.1) is 0 Å². The second-order valence-corrected chi connectivity index (χ2v) is 8.14. The summed E-state index contributed by atoms with van der Waals surface area (Å²) in [5.74, 6) is 0.00524. The number of hydrogen-bond acceptors (Lipinski definition) is 2. The van der Waals surface area contributed by atoms with E-state index >= 15 is 0 Å². The van der Waals surface area contributed by atoms with Gasteiger partial charge in [-0.05, 0) is 24.5 Å². The molecule has 0 aliphatic carbocycles. The number of para-hydroxylation sites is 1. The van der Waals surface area contributed by atoms with Gasteiger partial charge in [-0.15, -0.1) is 6.58 Å². The van der Waals surface area contributed by atoms with Crippen LogP contribution in [0.3, 0.4) is 0 Å². The molecule has 1 aromatic heterocycles. The minimum atomic E-state index is -0.346. The SMILES string of the molecule is C=CC(C)(C)c1[nH]c2ccccc2c1/C=C1\NC(=O)[C@@H]2[C@@H](C)CCN2C1=O. The highest BCUT2D eigenvalue weighted by molar-refractivity contribution is 6.09. The summed E-state index contributed by atoms with van der Waals surface area (Å²) in [6.45, 7) is 10.8. The van der Waals surface area contributed by atoms with Gasteiger partial charge in [-0.25, -0.2) is 0 Å². The van der Waals surface area contributed by atoms with Gasteiger partial charge in [0.1, 0.15) is 11.7 Å². The van der Waals surface area contributed by atoms with Crippen LogP contribution in [0.1, 0.15) is 38.4 Å². The van der Waals surface area contributed by atoms with Crippen LogP contribution in [0.5, 0.6) is 0 Å². The van der Waals surface area contributed by atoms with Crippen LogP contribution in [0.25, 0.3) is 17.0 Å². The predicted octanol–water partition coefficient (Wildman–Crippen LogP) is 3.34. The zero-order valence-corrected chi connectivity index (χ0v) is 16.0. The van der Waals surface area contributed by atoms with Crippen LogP contribution in [-0.2, 0) is 15.0 Å². The van der Waals surface area contributed by atoms with Crippen molar-refractivity contribution < 1.29 is 9.59 Å². The number of carbonyl (C=O) groups is 2. The molecule has 2 amide bonds. The standard InChI is InChI=1S/C22H25N3O2/c1-5-22(3,4)19-15(14-8-6-7-9-16(14)23-19)12-17-21(27)25-11-10-13(2)18(25)20(26)24-17/h5-9,12-13,18,23H,1,10-11H2,2-4H3,(H,24,26)/b17-12-/t13-,18-/m0/s1. The summed E-state index contributed by atoms with van der Waals surface area (Å²) in [7, 11) is 0. The summed E-state index contributed by atoms with van der Waals surface area (Å²) in [6, 6.07) is 7.64. The molecule has 140 valence electrons. The number of piperazine rings is 1. The van der Waals surface area contributed by atoms with Gasteiger partial charge in [0.25, 0.3) is 5.91 Å². The van der Waals surface area contributed by atoms with Gasteiger partial charge in [-0.1, -0.05) is 45.0 Å². The highest BCUT2D eigenvalue weighted by Gasteiger charge is 2.44. The van der Waals surface area contributed by atoms with Gasteiger partial charge in [0, 0.05) is 34.1 Å². The molecule has 2 aliphatic heterocycles. The van der Waals surface area contributed by atoms with Crippen LogP contribution in [-0.4, -0.2) is 34.3 Å². The average Bonchev–Trinajstić information content (AvgIpc) is 3.21. The van der Waals surface area contributed by atoms with E-state index in [0.29, 0.717) is 12.2 Å². The molecule has 2 aliphatic rings. The van der Waals surface area contributed by atoms with Gasteiger partial charge in [0.15, 0.2) is 0 Å². The lowest BCUT2D eigenvalue weighted by atomic mass is 9.86. The molecule has 0 radical (unpaired) electrons. The number of benzene rings is 1. The van der Waals surface area contributed by atoms with Crippen LogP contribution in [0.15, 0.2) is 42.6 Å². The van der Waals surface area contributed by atoms with Crippen LogP contribution >= 0.6 is 0 Å². The Hall–Kier alpha value is -2.82. The maximum absolute atomic E-state index is 13.0. The number of hydrogen-bond donors (Lipinski definition) is 2. The summed E-state index contributed by atoms with van der Waals surface area (Å²) in [5.41, 5.74) is 2.93. The van der Waals surface area contributed by atoms with E-state index in [-0.39, 0.29) is 29.2 Å². The number of H-pyrrole nitrogens is 1. The second kappa shape index (κ2) is 6.12. The minimum Gasteiger partial charge on any atom is -0.357 e. The lowest BCUT2D eigenvalue weighted by molar-refractivity contribution is -0.140. The molecule has 2 N–H and O–H groups in total. The number of amides is 2. The number of aromatic nitrogens is 1. The minimum absolute atomic E-state index is 0.0878. The molecule has 2 atom stereocenters. The third-order valence-corrected chi connectivity index (χ3v) is 5.91. The zero-order valence-electron chi connectivity index (χ0n) is 16.0. The number of nitrogens with zero attached hydrogens (tertiary/aromatic N) is 1. The fourth-order valence-electron chi connectivity index (χ4n) is 4.16. The first-order chi connectivity index (χ1) is 12.8. The van der Waals surface area contributed by atoms with E-state index in [2.05, 4.69) is 30.7 Å². The maximum atomic E-state index is 13.0. The molecule has 0 bridgehead atoms. The predicted molar refractivity (Wildman–Crippen MR) is 107 cm³/mol. The van der Waals surface area contributed by atoms with Crippen LogP contribution in [0.2, 0.25) is 0 Å². The Morgan fingerprint density at radius 1 is 1.26 bits per heavy atom. The summed E-state index contributed by atoms with van der Waals surface area (Å²) >= 11 is 0. The first-order valence-corrected chi connectivity index (χ1v) is 9.42. The van der Waals surface area contributed by atoms with Crippen molar-refractivity contribution in [1.82, 2.24) is 15.2 Å². The van der Waals surface area contributed by atoms with Crippen molar-refractivity contribution >= 4 is 28.8 Å². The summed E-state index contributed by atoms with van der Waals surface area (Å²) in [4.78, 5) is 30.8. The molecule has 5 heteroatoms. The molecule has 0 unspecified atom stereocenters. The lowest BCUT2D eigenvalue weighted by Gasteiger charge is -2.32. The number of carbonyl (C=O) groups excluding carboxylic acids is 2. The molecule has 27 heavy (non-hydrogen) atoms. The number of aromatic amines is 1. The van der Waals surface area contributed by atoms with E-state index in [1.165, 1.54) is 0 Å². The van der Waals surface area contributed by atoms with E-state index in [1.807, 2.05) is 43.3 Å². The Bertz CT molecular complexity index is 983. The summed E-state index contributed by atoms with van der Waals surface area (Å²) in [5, 5.41) is 3.88. The molecule has 2 saturated heterocycles. The van der Waals surface area contributed by atoms with E-state index in [0.717, 1.165) is 28.6 Å². The Kier molecular flexibility index (Phi) is 3.98. The highest BCUT2D eigenvalue weighted by Crippen LogP contribution is 2.35. The van der Waals surface area contributed by atoms with Crippen LogP contribution in [0, 0.1) is 5.92 Å². The molecule has 2 aromatic rings. The van der Waals surface area contributed by atoms with E-state index in [1.54, 1.807) is 4.90 Å². The summed E-state index contributed by atoms with van der Waals surface area (Å²) in [6.07, 6.45) is 4.57. The highest BCUT2D eigenvalue weighted by atomic mass is 16.2. The molecular formula is C22H25N3O2. The normalized spacial score (nSPS) is 24.4. The quantitative estimate of drug-likeness (QED) is 0.649. The molecule has 2 fully saturated rings. The molecule has 0 saturated carbocycles. The van der Waals surface area contributed by atoms with Crippen LogP contribution < -0.4 is 5.32 Å². The third-order valence-electron chi connectivity index (χ3n) is 5.91. The van der Waals surface area contributed by atoms with E-state index in [9.17, 15) is 9.59 Å².